The molecule has 0 aromatic heterocycles. The molecule has 0 heterocycles. The molecule has 1 amide bonds. The van der Waals surface area contributed by atoms with Crippen molar-refractivity contribution in [2.75, 3.05) is 7.11 Å². The molecule has 3 aromatic rings. The lowest BCUT2D eigenvalue weighted by atomic mass is 10.1. The minimum atomic E-state index is -0.305. The Morgan fingerprint density at radius 2 is 1.83 bits per heavy atom. The number of carbonyl (C=O) groups excluding carboxylic acids is 1. The van der Waals surface area contributed by atoms with E-state index in [0.717, 1.165) is 22.4 Å². The van der Waals surface area contributed by atoms with Gasteiger partial charge in [0, 0.05) is 11.1 Å². The van der Waals surface area contributed by atoms with E-state index in [1.807, 2.05) is 38.1 Å². The SMILES string of the molecule is COc1ccc(C(=O)N[C@@H](C)c2ccc(F)cc2)cc1COc1cccc(C)c1. The van der Waals surface area contributed by atoms with Gasteiger partial charge in [0.25, 0.3) is 5.91 Å². The monoisotopic (exact) mass is 393 g/mol. The van der Waals surface area contributed by atoms with Crippen LogP contribution in [-0.4, -0.2) is 13.0 Å². The van der Waals surface area contributed by atoms with Gasteiger partial charge in [-0.25, -0.2) is 4.39 Å². The second-order valence-electron chi connectivity index (χ2n) is 6.88. The van der Waals surface area contributed by atoms with Crippen molar-refractivity contribution in [2.45, 2.75) is 26.5 Å². The quantitative estimate of drug-likeness (QED) is 0.599. The Morgan fingerprint density at radius 3 is 2.52 bits per heavy atom. The summed E-state index contributed by atoms with van der Waals surface area (Å²) in [6, 6.07) is 18.8. The van der Waals surface area contributed by atoms with E-state index < -0.39 is 0 Å². The van der Waals surface area contributed by atoms with Crippen molar-refractivity contribution in [3.63, 3.8) is 0 Å². The van der Waals surface area contributed by atoms with Crippen molar-refractivity contribution in [2.24, 2.45) is 0 Å². The zero-order valence-corrected chi connectivity index (χ0v) is 16.7. The lowest BCUT2D eigenvalue weighted by Gasteiger charge is -2.16. The van der Waals surface area contributed by atoms with Crippen LogP contribution in [0.2, 0.25) is 0 Å². The summed E-state index contributed by atoms with van der Waals surface area (Å²) < 4.78 is 24.4. The van der Waals surface area contributed by atoms with Gasteiger partial charge in [-0.1, -0.05) is 24.3 Å². The number of amides is 1. The maximum Gasteiger partial charge on any atom is 0.251 e. The van der Waals surface area contributed by atoms with Crippen molar-refractivity contribution in [1.82, 2.24) is 5.32 Å². The van der Waals surface area contributed by atoms with E-state index in [-0.39, 0.29) is 24.4 Å². The topological polar surface area (TPSA) is 47.6 Å². The molecule has 29 heavy (non-hydrogen) atoms. The molecule has 4 nitrogen and oxygen atoms in total. The molecule has 1 atom stereocenters. The van der Waals surface area contributed by atoms with Crippen LogP contribution in [-0.2, 0) is 6.61 Å². The molecule has 0 bridgehead atoms. The number of halogens is 1. The van der Waals surface area contributed by atoms with Crippen LogP contribution in [0.15, 0.2) is 66.7 Å². The van der Waals surface area contributed by atoms with Gasteiger partial charge in [0.15, 0.2) is 0 Å². The van der Waals surface area contributed by atoms with Gasteiger partial charge >= 0.3 is 0 Å². The fourth-order valence-corrected chi connectivity index (χ4v) is 3.01. The molecule has 3 aromatic carbocycles. The summed E-state index contributed by atoms with van der Waals surface area (Å²) in [5.41, 5.74) is 3.22. The fourth-order valence-electron chi connectivity index (χ4n) is 3.01. The molecule has 3 rings (SSSR count). The second kappa shape index (κ2) is 9.24. The molecule has 0 saturated carbocycles. The summed E-state index contributed by atoms with van der Waals surface area (Å²) in [6.45, 7) is 4.14. The highest BCUT2D eigenvalue weighted by molar-refractivity contribution is 5.94. The summed E-state index contributed by atoms with van der Waals surface area (Å²) in [5.74, 6) is 0.884. The second-order valence-corrected chi connectivity index (χ2v) is 6.88. The van der Waals surface area contributed by atoms with E-state index >= 15 is 0 Å². The number of hydrogen-bond donors (Lipinski definition) is 1. The molecule has 0 fully saturated rings. The molecule has 0 aliphatic rings. The summed E-state index contributed by atoms with van der Waals surface area (Å²) in [6.07, 6.45) is 0. The Kier molecular flexibility index (Phi) is 6.50. The third-order valence-electron chi connectivity index (χ3n) is 4.64. The van der Waals surface area contributed by atoms with E-state index in [1.54, 1.807) is 37.4 Å². The Balaban J connectivity index is 1.72. The van der Waals surface area contributed by atoms with Crippen molar-refractivity contribution in [1.29, 1.82) is 0 Å². The van der Waals surface area contributed by atoms with Crippen molar-refractivity contribution in [3.8, 4) is 11.5 Å². The predicted molar refractivity (Wildman–Crippen MR) is 111 cm³/mol. The van der Waals surface area contributed by atoms with E-state index in [1.165, 1.54) is 12.1 Å². The maximum atomic E-state index is 13.1. The normalized spacial score (nSPS) is 11.6. The number of benzene rings is 3. The van der Waals surface area contributed by atoms with Gasteiger partial charge in [-0.2, -0.15) is 0 Å². The summed E-state index contributed by atoms with van der Waals surface area (Å²) in [4.78, 5) is 12.7. The lowest BCUT2D eigenvalue weighted by Crippen LogP contribution is -2.26. The minimum absolute atomic E-state index is 0.221. The fraction of sp³-hybridized carbons (Fsp3) is 0.208. The van der Waals surface area contributed by atoms with Crippen LogP contribution in [0.1, 0.15) is 40.0 Å². The molecule has 0 aliphatic carbocycles. The first-order valence-electron chi connectivity index (χ1n) is 9.39. The van der Waals surface area contributed by atoms with Crippen molar-refractivity contribution in [3.05, 3.63) is 94.8 Å². The molecule has 1 N–H and O–H groups in total. The molecule has 5 heteroatoms. The van der Waals surface area contributed by atoms with E-state index in [2.05, 4.69) is 5.32 Å². The van der Waals surface area contributed by atoms with Gasteiger partial charge < -0.3 is 14.8 Å². The third-order valence-corrected chi connectivity index (χ3v) is 4.64. The van der Waals surface area contributed by atoms with Gasteiger partial charge in [-0.3, -0.25) is 4.79 Å². The highest BCUT2D eigenvalue weighted by atomic mass is 19.1. The van der Waals surface area contributed by atoms with Gasteiger partial charge in [0.05, 0.1) is 13.2 Å². The zero-order valence-electron chi connectivity index (χ0n) is 16.7. The van der Waals surface area contributed by atoms with Crippen LogP contribution in [0.5, 0.6) is 11.5 Å². The highest BCUT2D eigenvalue weighted by Gasteiger charge is 2.14. The standard InChI is InChI=1S/C24H24FNO3/c1-16-5-4-6-22(13-16)29-15-20-14-19(9-12-23(20)28-3)24(27)26-17(2)18-7-10-21(25)11-8-18/h4-14,17H,15H2,1-3H3,(H,26,27)/t17-/m0/s1. The number of ether oxygens (including phenoxy) is 2. The first-order chi connectivity index (χ1) is 14.0. The third kappa shape index (κ3) is 5.35. The number of aryl methyl sites for hydroxylation is 1. The summed E-state index contributed by atoms with van der Waals surface area (Å²) >= 11 is 0. The molecule has 0 spiro atoms. The average Bonchev–Trinajstić information content (AvgIpc) is 2.72. The zero-order chi connectivity index (χ0) is 20.8. The Labute approximate surface area is 170 Å². The lowest BCUT2D eigenvalue weighted by molar-refractivity contribution is 0.0939. The number of methoxy groups -OCH3 is 1. The minimum Gasteiger partial charge on any atom is -0.496 e. The van der Waals surface area contributed by atoms with Crippen LogP contribution in [0, 0.1) is 12.7 Å². The molecular weight excluding hydrogens is 369 g/mol. The van der Waals surface area contributed by atoms with Crippen molar-refractivity contribution < 1.29 is 18.7 Å². The predicted octanol–water partition coefficient (Wildman–Crippen LogP) is 5.21. The Hall–Kier alpha value is -3.34. The first kappa shape index (κ1) is 20.4. The van der Waals surface area contributed by atoms with E-state index in [0.29, 0.717) is 11.3 Å². The van der Waals surface area contributed by atoms with Gasteiger partial charge in [-0.15, -0.1) is 0 Å². The largest absolute Gasteiger partial charge is 0.496 e. The number of nitrogens with one attached hydrogen (secondary N) is 1. The van der Waals surface area contributed by atoms with Crippen LogP contribution in [0.3, 0.4) is 0 Å². The molecule has 0 saturated heterocycles. The van der Waals surface area contributed by atoms with E-state index in [9.17, 15) is 9.18 Å². The van der Waals surface area contributed by atoms with Crippen LogP contribution in [0.4, 0.5) is 4.39 Å². The molecule has 150 valence electrons. The maximum absolute atomic E-state index is 13.1. The van der Waals surface area contributed by atoms with Gasteiger partial charge in [0.2, 0.25) is 0 Å². The smallest absolute Gasteiger partial charge is 0.251 e. The van der Waals surface area contributed by atoms with Gasteiger partial charge in [0.1, 0.15) is 23.9 Å². The van der Waals surface area contributed by atoms with Gasteiger partial charge in [-0.05, 0) is 67.4 Å². The Bertz CT molecular complexity index is 986. The average molecular weight is 393 g/mol. The van der Waals surface area contributed by atoms with Crippen LogP contribution < -0.4 is 14.8 Å². The summed E-state index contributed by atoms with van der Waals surface area (Å²) in [7, 11) is 1.59. The number of carbonyl (C=O) groups is 1. The van der Waals surface area contributed by atoms with Crippen LogP contribution in [0.25, 0.3) is 0 Å². The molecular formula is C24H24FNO3. The van der Waals surface area contributed by atoms with Crippen molar-refractivity contribution >= 4 is 5.91 Å². The molecule has 0 unspecified atom stereocenters. The highest BCUT2D eigenvalue weighted by Crippen LogP contribution is 2.23. The van der Waals surface area contributed by atoms with Crippen LogP contribution >= 0.6 is 0 Å². The first-order valence-corrected chi connectivity index (χ1v) is 9.39. The molecule has 0 aliphatic heterocycles. The van der Waals surface area contributed by atoms with E-state index in [4.69, 9.17) is 9.47 Å². The Morgan fingerprint density at radius 1 is 1.07 bits per heavy atom. The summed E-state index contributed by atoms with van der Waals surface area (Å²) in [5, 5.41) is 2.93. The number of rotatable bonds is 7. The number of hydrogen-bond acceptors (Lipinski definition) is 3. The molecule has 0 radical (unpaired) electrons.